The highest BCUT2D eigenvalue weighted by Crippen LogP contribution is 2.24. The molecule has 0 aliphatic heterocycles. The summed E-state index contributed by atoms with van der Waals surface area (Å²) >= 11 is 0. The van der Waals surface area contributed by atoms with Gasteiger partial charge >= 0.3 is 17.9 Å². The van der Waals surface area contributed by atoms with Gasteiger partial charge in [0, 0.05) is 89.8 Å². The van der Waals surface area contributed by atoms with Crippen LogP contribution in [0.5, 0.6) is 11.5 Å². The lowest BCUT2D eigenvalue weighted by molar-refractivity contribution is -0.142. The highest BCUT2D eigenvalue weighted by Gasteiger charge is 2.35. The Morgan fingerprint density at radius 2 is 0.682 bits per heavy atom. The van der Waals surface area contributed by atoms with Crippen molar-refractivity contribution in [1.82, 2.24) is 46.9 Å². The van der Waals surface area contributed by atoms with E-state index < -0.39 is 121 Å². The van der Waals surface area contributed by atoms with Crippen molar-refractivity contribution in [2.45, 2.75) is 100 Å². The molecule has 3 aromatic heterocycles. The summed E-state index contributed by atoms with van der Waals surface area (Å²) in [5, 5.41) is 67.3. The molecule has 24 heteroatoms. The Hall–Kier alpha value is -10.5. The number of fused-ring (bicyclic) bond motifs is 3. The number of carboxylic acids is 3. The molecule has 0 radical (unpaired) electrons. The minimum Gasteiger partial charge on any atom is -0.508 e. The van der Waals surface area contributed by atoms with Crippen LogP contribution in [-0.4, -0.2) is 136 Å². The Labute approximate surface area is 485 Å². The lowest BCUT2D eigenvalue weighted by Crippen LogP contribution is -2.60. The number of carbonyl (C=O) groups is 9. The van der Waals surface area contributed by atoms with Crippen molar-refractivity contribution >= 4 is 86.1 Å². The molecule has 442 valence electrons. The highest BCUT2D eigenvalue weighted by atomic mass is 16.4. The van der Waals surface area contributed by atoms with Crippen LogP contribution in [0.4, 0.5) is 0 Å². The van der Waals surface area contributed by atoms with E-state index in [1.54, 1.807) is 91.4 Å². The monoisotopic (exact) mass is 1160 g/mol. The first kappa shape index (κ1) is 60.6. The molecule has 0 fully saturated rings. The lowest BCUT2D eigenvalue weighted by Gasteiger charge is -2.27. The normalized spacial score (nSPS) is 13.8. The van der Waals surface area contributed by atoms with Crippen molar-refractivity contribution in [2.75, 3.05) is 0 Å². The number of nitrogens with two attached hydrogens (primary N) is 1. The molecule has 3 heterocycles. The fourth-order valence-electron chi connectivity index (χ4n) is 9.95. The maximum atomic E-state index is 15.0. The van der Waals surface area contributed by atoms with Crippen LogP contribution >= 0.6 is 0 Å². The molecule has 0 saturated carbocycles. The molecule has 6 amide bonds. The van der Waals surface area contributed by atoms with E-state index in [0.717, 1.165) is 10.9 Å². The number of aromatic nitrogens is 3. The van der Waals surface area contributed by atoms with E-state index in [1.165, 1.54) is 36.4 Å². The number of aliphatic carboxylic acids is 3. The third kappa shape index (κ3) is 16.4. The fourth-order valence-corrected chi connectivity index (χ4v) is 9.95. The number of aromatic amines is 3. The van der Waals surface area contributed by atoms with Crippen LogP contribution in [0.25, 0.3) is 32.7 Å². The third-order valence-corrected chi connectivity index (χ3v) is 14.5. The highest BCUT2D eigenvalue weighted by molar-refractivity contribution is 5.98. The molecule has 0 bridgehead atoms. The second kappa shape index (κ2) is 28.0. The number of nitrogens with one attached hydrogen (secondary N) is 9. The number of benzene rings is 5. The molecule has 8 aromatic rings. The van der Waals surface area contributed by atoms with Gasteiger partial charge in [0.05, 0.1) is 6.04 Å². The zero-order chi connectivity index (χ0) is 60.7. The molecule has 0 spiro atoms. The van der Waals surface area contributed by atoms with Crippen LogP contribution in [0.3, 0.4) is 0 Å². The van der Waals surface area contributed by atoms with E-state index in [4.69, 9.17) is 5.73 Å². The predicted molar refractivity (Wildman–Crippen MR) is 311 cm³/mol. The number of hydrogen-bond acceptors (Lipinski definition) is 12. The maximum Gasteiger partial charge on any atom is 0.326 e. The molecule has 8 rings (SSSR count). The van der Waals surface area contributed by atoms with Crippen LogP contribution < -0.4 is 37.6 Å². The van der Waals surface area contributed by atoms with Crippen molar-refractivity contribution in [3.63, 3.8) is 0 Å². The number of amides is 6. The van der Waals surface area contributed by atoms with Gasteiger partial charge in [-0.05, 0) is 89.5 Å². The number of para-hydroxylation sites is 3. The first-order valence-electron chi connectivity index (χ1n) is 27.2. The first-order chi connectivity index (χ1) is 40.8. The average Bonchev–Trinajstić information content (AvgIpc) is 4.08. The van der Waals surface area contributed by atoms with Crippen LogP contribution in [0, 0.1) is 0 Å². The zero-order valence-electron chi connectivity index (χ0n) is 45.7. The predicted octanol–water partition coefficient (Wildman–Crippen LogP) is 3.11. The van der Waals surface area contributed by atoms with Crippen molar-refractivity contribution in [3.05, 3.63) is 168 Å². The first-order valence-corrected chi connectivity index (χ1v) is 27.2. The van der Waals surface area contributed by atoms with E-state index in [1.807, 2.05) is 12.1 Å². The zero-order valence-corrected chi connectivity index (χ0v) is 45.7. The molecule has 0 aliphatic rings. The van der Waals surface area contributed by atoms with Gasteiger partial charge in [-0.2, -0.15) is 0 Å². The average molecular weight is 1160 g/mol. The van der Waals surface area contributed by atoms with Gasteiger partial charge in [0.2, 0.25) is 35.4 Å². The summed E-state index contributed by atoms with van der Waals surface area (Å²) in [6.45, 7) is 0. The number of phenols is 2. The number of carboxylic acid groups (broad SMARTS) is 3. The number of carbonyl (C=O) groups excluding carboxylic acids is 6. The van der Waals surface area contributed by atoms with Gasteiger partial charge in [-0.1, -0.05) is 78.9 Å². The number of H-pyrrole nitrogens is 3. The third-order valence-electron chi connectivity index (χ3n) is 14.5. The molecule has 0 saturated heterocycles. The molecule has 16 N–H and O–H groups in total. The van der Waals surface area contributed by atoms with Gasteiger partial charge in [0.25, 0.3) is 0 Å². The topological polar surface area (TPSA) is 400 Å². The fraction of sp³-hybridized carbons (Fsp3) is 0.262. The van der Waals surface area contributed by atoms with Crippen LogP contribution in [0.1, 0.15) is 53.5 Å². The van der Waals surface area contributed by atoms with E-state index in [2.05, 4.69) is 46.9 Å². The van der Waals surface area contributed by atoms with Gasteiger partial charge in [-0.15, -0.1) is 0 Å². The summed E-state index contributed by atoms with van der Waals surface area (Å²) < 4.78 is 0. The van der Waals surface area contributed by atoms with Gasteiger partial charge in [0.15, 0.2) is 0 Å². The summed E-state index contributed by atoms with van der Waals surface area (Å²) in [7, 11) is 0. The number of aromatic hydroxyl groups is 2. The van der Waals surface area contributed by atoms with Crippen LogP contribution in [0.15, 0.2) is 140 Å². The van der Waals surface area contributed by atoms with Crippen molar-refractivity contribution < 1.29 is 68.7 Å². The van der Waals surface area contributed by atoms with E-state index in [0.29, 0.717) is 49.6 Å². The number of hydrogen-bond donors (Lipinski definition) is 15. The van der Waals surface area contributed by atoms with Gasteiger partial charge in [-0.25, -0.2) is 4.79 Å². The Bertz CT molecular complexity index is 3730. The number of rotatable bonds is 29. The van der Waals surface area contributed by atoms with Crippen molar-refractivity contribution in [2.24, 2.45) is 5.73 Å². The van der Waals surface area contributed by atoms with Gasteiger partial charge in [0.1, 0.15) is 47.8 Å². The smallest absolute Gasteiger partial charge is 0.326 e. The Morgan fingerprint density at radius 1 is 0.376 bits per heavy atom. The minimum atomic E-state index is -1.78. The van der Waals surface area contributed by atoms with Gasteiger partial charge < -0.3 is 78.1 Å². The lowest BCUT2D eigenvalue weighted by atomic mass is 10.00. The van der Waals surface area contributed by atoms with E-state index in [-0.39, 0.29) is 43.6 Å². The second-order valence-corrected chi connectivity index (χ2v) is 20.6. The Balaban J connectivity index is 1.06. The summed E-state index contributed by atoms with van der Waals surface area (Å²) in [4.78, 5) is 133. The number of phenolic OH excluding ortho intramolecular Hbond substituents is 2. The van der Waals surface area contributed by atoms with Crippen LogP contribution in [0.2, 0.25) is 0 Å². The molecule has 7 atom stereocenters. The SMILES string of the molecule is N[C@@H](Cc1ccc(O)cc1)C(=O)N[C@@H](Cc1ccc(O)cc1)C(=O)N[C@@H](CCC(=O)O)C(=O)N[C@@H](CCC(=O)O)C(=O)N[C@@H](Cc1c[nH]c2ccccc12)C(=O)N[C@@H](Cc1c[nH]c2ccccc12)C(=O)N[C@@H](Cc1c[nH]c2ccccc12)C(=O)O. The maximum absolute atomic E-state index is 15.0. The quantitative estimate of drug-likeness (QED) is 0.0320. The Morgan fingerprint density at radius 3 is 1.06 bits per heavy atom. The largest absolute Gasteiger partial charge is 0.508 e. The summed E-state index contributed by atoms with van der Waals surface area (Å²) in [5.41, 5.74) is 11.1. The second-order valence-electron chi connectivity index (χ2n) is 20.6. The van der Waals surface area contributed by atoms with Gasteiger partial charge in [-0.3, -0.25) is 38.4 Å². The molecule has 85 heavy (non-hydrogen) atoms. The molecule has 5 aromatic carbocycles. The molecule has 0 unspecified atom stereocenters. The molecule has 0 aliphatic carbocycles. The minimum absolute atomic E-state index is 0.0189. The summed E-state index contributed by atoms with van der Waals surface area (Å²) in [5.74, 6) is -10.1. The van der Waals surface area contributed by atoms with Crippen molar-refractivity contribution in [1.29, 1.82) is 0 Å². The molecular weight excluding hydrogens is 1100 g/mol. The molecule has 24 nitrogen and oxygen atoms in total. The van der Waals surface area contributed by atoms with Crippen LogP contribution in [-0.2, 0) is 75.3 Å². The van der Waals surface area contributed by atoms with E-state index >= 15 is 4.79 Å². The Kier molecular flexibility index (Phi) is 20.0. The standard InChI is InChI=1S/C61H64N10O14/c62-43(25-33-13-17-38(72)18-14-33)55(78)68-49(26-34-15-19-39(73)20-16-34)58(81)67-47(21-23-53(74)75)56(79)66-48(22-24-54(76)77)57(80)69-50(27-35-30-63-44-10-4-1-7-40(35)44)59(82)70-51(28-36-31-64-45-11-5-2-8-41(36)45)60(83)71-52(61(84)85)29-37-32-65-46-12-6-3-9-42(37)46/h1-20,30-32,43,47-52,63-65,72-73H,21-29,62H2,(H,66,79)(H,67,81)(H,68,78)(H,69,80)(H,70,82)(H,71,83)(H,74,75)(H,76,77)(H,84,85)/t43-,47-,48-,49-,50-,51-,52-/m0/s1. The molecular formula is C61H64N10O14. The summed E-state index contributed by atoms with van der Waals surface area (Å²) in [6.07, 6.45) is 1.49. The van der Waals surface area contributed by atoms with E-state index in [9.17, 15) is 63.9 Å². The summed E-state index contributed by atoms with van der Waals surface area (Å²) in [6, 6.07) is 22.2. The van der Waals surface area contributed by atoms with Crippen molar-refractivity contribution in [3.8, 4) is 11.5 Å².